The summed E-state index contributed by atoms with van der Waals surface area (Å²) >= 11 is 0. The van der Waals surface area contributed by atoms with Gasteiger partial charge in [0.2, 0.25) is 0 Å². The van der Waals surface area contributed by atoms with Gasteiger partial charge in [0.05, 0.1) is 0 Å². The third kappa shape index (κ3) is 11.1. The van der Waals surface area contributed by atoms with Gasteiger partial charge in [0, 0.05) is 52.6 Å². The summed E-state index contributed by atoms with van der Waals surface area (Å²) in [4.78, 5) is 0. The molecule has 0 aliphatic heterocycles. The Balaban J connectivity index is 0.000000119. The van der Waals surface area contributed by atoms with E-state index in [1.165, 1.54) is 165 Å². The number of hydrogen-bond acceptors (Lipinski definition) is 0. The SMILES string of the molecule is CC1CC1c1ccc(-c2ccc(C3CCCCC3)cc2)c[n+]1C.CC1CC1c1ccc(-c2cccc(C3CCCC3)c2)c[n+]1C.CC1CC1c1ccc(-c2cccc(C3CCCCC3)c2)c[n+]1C. The lowest BCUT2D eigenvalue weighted by Crippen LogP contribution is -2.33. The topological polar surface area (TPSA) is 11.6 Å². The predicted molar refractivity (Wildman–Crippen MR) is 282 cm³/mol. The molecule has 6 aliphatic rings. The maximum absolute atomic E-state index is 2.44. The molecule has 6 unspecified atom stereocenters. The molecule has 0 saturated heterocycles. The molecule has 0 bridgehead atoms. The van der Waals surface area contributed by atoms with E-state index in [4.69, 9.17) is 0 Å². The molecule has 6 aromatic rings. The quantitative estimate of drug-likeness (QED) is 0.128. The van der Waals surface area contributed by atoms with Gasteiger partial charge in [0.25, 0.3) is 0 Å². The van der Waals surface area contributed by atoms with Crippen LogP contribution in [0.15, 0.2) is 128 Å². The van der Waals surface area contributed by atoms with Crippen LogP contribution in [0.4, 0.5) is 0 Å². The van der Waals surface area contributed by atoms with Gasteiger partial charge in [-0.3, -0.25) is 0 Å². The van der Waals surface area contributed by atoms with Crippen molar-refractivity contribution < 1.29 is 13.7 Å². The zero-order valence-corrected chi connectivity index (χ0v) is 42.7. The van der Waals surface area contributed by atoms with E-state index in [1.807, 2.05) is 0 Å². The van der Waals surface area contributed by atoms with Gasteiger partial charge in [-0.05, 0) is 145 Å². The van der Waals surface area contributed by atoms with Gasteiger partial charge >= 0.3 is 0 Å². The first-order chi connectivity index (χ1) is 33.2. The Morgan fingerprint density at radius 2 is 0.632 bits per heavy atom. The Bertz CT molecular complexity index is 2640. The highest BCUT2D eigenvalue weighted by molar-refractivity contribution is 5.64. The van der Waals surface area contributed by atoms with Crippen LogP contribution in [0.2, 0.25) is 0 Å². The van der Waals surface area contributed by atoms with Crippen LogP contribution in [0.1, 0.15) is 199 Å². The number of aryl methyl sites for hydroxylation is 3. The first-order valence-corrected chi connectivity index (χ1v) is 27.5. The number of rotatable bonds is 9. The minimum Gasteiger partial charge on any atom is -0.204 e. The molecule has 3 nitrogen and oxygen atoms in total. The molecule has 6 fully saturated rings. The molecule has 12 rings (SSSR count). The Kier molecular flexibility index (Phi) is 14.5. The van der Waals surface area contributed by atoms with E-state index < -0.39 is 0 Å². The van der Waals surface area contributed by atoms with Crippen molar-refractivity contribution in [2.75, 3.05) is 0 Å². The summed E-state index contributed by atoms with van der Waals surface area (Å²) in [5.74, 6) is 7.30. The minimum absolute atomic E-state index is 0.780. The van der Waals surface area contributed by atoms with Crippen molar-refractivity contribution in [3.05, 3.63) is 162 Å². The fourth-order valence-electron chi connectivity index (χ4n) is 12.8. The Morgan fingerprint density at radius 1 is 0.324 bits per heavy atom. The van der Waals surface area contributed by atoms with Crippen molar-refractivity contribution in [1.29, 1.82) is 0 Å². The second kappa shape index (κ2) is 21.0. The van der Waals surface area contributed by atoms with Crippen molar-refractivity contribution in [2.45, 2.75) is 165 Å². The standard InChI is InChI=1S/2C22H28N.C21H26N/c1-16-13-21(16)22-12-11-20(15-23(22)2)19-10-6-9-18(14-19)17-7-4-3-5-8-17;1-16-14-21(16)22-13-12-20(15-23(22)2)19-10-8-18(9-11-19)17-6-4-3-5-7-17;1-15-12-20(15)21-11-10-19(14-22(21)2)18-9-5-8-17(13-18)16-6-3-4-7-16/h6,9-12,14-17,21H,3-5,7-8,13H2,1-2H3;8-13,15-17,21H,3-7,14H2,1-2H3;5,8-11,13-16,20H,3-4,6-7,12H2,1-2H3/q3*+1. The minimum atomic E-state index is 0.780. The molecule has 6 atom stereocenters. The highest BCUT2D eigenvalue weighted by Gasteiger charge is 2.41. The van der Waals surface area contributed by atoms with Crippen LogP contribution in [0.5, 0.6) is 0 Å². The first kappa shape index (κ1) is 46.8. The van der Waals surface area contributed by atoms with Crippen LogP contribution in [0.25, 0.3) is 33.4 Å². The van der Waals surface area contributed by atoms with E-state index >= 15 is 0 Å². The summed E-state index contributed by atoms with van der Waals surface area (Å²) in [6, 6.07) is 41.8. The van der Waals surface area contributed by atoms with Gasteiger partial charge in [0.15, 0.2) is 35.7 Å². The molecular weight excluding hydrogens is 823 g/mol. The maximum atomic E-state index is 2.44. The normalized spacial score (nSPS) is 24.6. The molecular formula is C65H82N3+3. The van der Waals surface area contributed by atoms with Crippen molar-refractivity contribution in [1.82, 2.24) is 0 Å². The molecule has 0 spiro atoms. The summed E-state index contributed by atoms with van der Waals surface area (Å²) in [5.41, 5.74) is 17.2. The van der Waals surface area contributed by atoms with Crippen LogP contribution >= 0.6 is 0 Å². The largest absolute Gasteiger partial charge is 0.204 e. The summed E-state index contributed by atoms with van der Waals surface area (Å²) < 4.78 is 7.01. The second-order valence-corrected chi connectivity index (χ2v) is 22.8. The molecule has 0 radical (unpaired) electrons. The third-order valence-corrected chi connectivity index (χ3v) is 17.7. The van der Waals surface area contributed by atoms with Crippen LogP contribution in [-0.2, 0) is 21.1 Å². The number of aromatic nitrogens is 3. The van der Waals surface area contributed by atoms with Crippen molar-refractivity contribution in [3.8, 4) is 33.4 Å². The number of hydrogen-bond donors (Lipinski definition) is 0. The van der Waals surface area contributed by atoms with E-state index in [0.29, 0.717) is 0 Å². The smallest absolute Gasteiger partial charge is 0.184 e. The highest BCUT2D eigenvalue weighted by atomic mass is 14.9. The van der Waals surface area contributed by atoms with Gasteiger partial charge in [0.1, 0.15) is 21.1 Å². The average molecular weight is 905 g/mol. The fourth-order valence-corrected chi connectivity index (χ4v) is 12.8. The van der Waals surface area contributed by atoms with E-state index in [1.54, 1.807) is 11.1 Å². The molecule has 6 saturated carbocycles. The van der Waals surface area contributed by atoms with Gasteiger partial charge in [-0.1, -0.05) is 145 Å². The summed E-state index contributed by atoms with van der Waals surface area (Å²) in [5, 5.41) is 0. The second-order valence-electron chi connectivity index (χ2n) is 22.8. The summed E-state index contributed by atoms with van der Waals surface area (Å²) in [7, 11) is 6.60. The van der Waals surface area contributed by atoms with Crippen LogP contribution < -0.4 is 13.7 Å². The number of nitrogens with zero attached hydrogens (tertiary/aromatic N) is 3. The predicted octanol–water partition coefficient (Wildman–Crippen LogP) is 15.7. The van der Waals surface area contributed by atoms with Crippen molar-refractivity contribution in [3.63, 3.8) is 0 Å². The van der Waals surface area contributed by atoms with Crippen LogP contribution in [0, 0.1) is 17.8 Å². The molecule has 0 amide bonds. The molecule has 3 aromatic heterocycles. The fraction of sp³-hybridized carbons (Fsp3) is 0.492. The number of pyridine rings is 3. The lowest BCUT2D eigenvalue weighted by Gasteiger charge is -2.22. The molecule has 3 heterocycles. The number of benzene rings is 3. The van der Waals surface area contributed by atoms with Gasteiger partial charge in [-0.2, -0.15) is 0 Å². The Labute approximate surface area is 411 Å². The van der Waals surface area contributed by atoms with E-state index in [0.717, 1.165) is 53.3 Å². The van der Waals surface area contributed by atoms with Gasteiger partial charge < -0.3 is 0 Å². The Hall–Kier alpha value is -4.89. The average Bonchev–Trinajstić information content (AvgIpc) is 4.35. The molecule has 354 valence electrons. The molecule has 0 N–H and O–H groups in total. The van der Waals surface area contributed by atoms with Crippen LogP contribution in [0.3, 0.4) is 0 Å². The van der Waals surface area contributed by atoms with Gasteiger partial charge in [-0.15, -0.1) is 0 Å². The zero-order valence-electron chi connectivity index (χ0n) is 42.7. The Morgan fingerprint density at radius 3 is 0.971 bits per heavy atom. The molecule has 68 heavy (non-hydrogen) atoms. The van der Waals surface area contributed by atoms with Gasteiger partial charge in [-0.25, -0.2) is 13.7 Å². The molecule has 6 aliphatic carbocycles. The summed E-state index contributed by atoms with van der Waals surface area (Å²) in [6.07, 6.45) is 30.5. The van der Waals surface area contributed by atoms with E-state index in [-0.39, 0.29) is 0 Å². The van der Waals surface area contributed by atoms with Crippen molar-refractivity contribution >= 4 is 0 Å². The van der Waals surface area contributed by atoms with E-state index in [9.17, 15) is 0 Å². The third-order valence-electron chi connectivity index (χ3n) is 17.7. The molecule has 3 heteroatoms. The van der Waals surface area contributed by atoms with Crippen LogP contribution in [-0.4, -0.2) is 0 Å². The summed E-state index contributed by atoms with van der Waals surface area (Å²) in [6.45, 7) is 7.05. The monoisotopic (exact) mass is 905 g/mol. The lowest BCUT2D eigenvalue weighted by atomic mass is 9.83. The zero-order chi connectivity index (χ0) is 46.7. The maximum Gasteiger partial charge on any atom is 0.184 e. The van der Waals surface area contributed by atoms with E-state index in [2.05, 4.69) is 183 Å². The highest BCUT2D eigenvalue weighted by Crippen LogP contribution is 2.47. The molecule has 3 aromatic carbocycles. The lowest BCUT2D eigenvalue weighted by molar-refractivity contribution is -0.679. The first-order valence-electron chi connectivity index (χ1n) is 27.5. The van der Waals surface area contributed by atoms with Crippen molar-refractivity contribution in [2.24, 2.45) is 38.9 Å².